The molecule has 4 nitrogen and oxygen atoms in total. The molecule has 0 aliphatic carbocycles. The average molecular weight is 293 g/mol. The van der Waals surface area contributed by atoms with Crippen molar-refractivity contribution in [2.75, 3.05) is 6.61 Å². The van der Waals surface area contributed by atoms with Crippen molar-refractivity contribution in [1.82, 2.24) is 0 Å². The minimum absolute atomic E-state index is 0.254. The van der Waals surface area contributed by atoms with Crippen LogP contribution in [0.4, 0.5) is 8.78 Å². The lowest BCUT2D eigenvalue weighted by molar-refractivity contribution is 0.225. The molecule has 0 saturated heterocycles. The zero-order chi connectivity index (χ0) is 14.7. The van der Waals surface area contributed by atoms with Crippen molar-refractivity contribution in [3.63, 3.8) is 0 Å². The van der Waals surface area contributed by atoms with Crippen LogP contribution < -0.4 is 10.5 Å². The first-order valence-corrected chi connectivity index (χ1v) is 7.27. The van der Waals surface area contributed by atoms with Crippen molar-refractivity contribution < 1.29 is 21.9 Å². The van der Waals surface area contributed by atoms with Crippen LogP contribution >= 0.6 is 0 Å². The van der Waals surface area contributed by atoms with Crippen LogP contribution in [-0.2, 0) is 9.84 Å². The van der Waals surface area contributed by atoms with Gasteiger partial charge >= 0.3 is 5.76 Å². The normalized spacial score (nSPS) is 15.3. The van der Waals surface area contributed by atoms with Crippen molar-refractivity contribution in [1.29, 1.82) is 0 Å². The van der Waals surface area contributed by atoms with Crippen LogP contribution in [0, 0.1) is 0 Å². The van der Waals surface area contributed by atoms with Crippen LogP contribution in [0.25, 0.3) is 0 Å². The van der Waals surface area contributed by atoms with Gasteiger partial charge in [0.1, 0.15) is 12.4 Å². The minimum Gasteiger partial charge on any atom is -0.492 e. The molecular formula is C12H17F2NO3S. The maximum Gasteiger partial charge on any atom is 0.341 e. The van der Waals surface area contributed by atoms with Crippen LogP contribution in [0.3, 0.4) is 0 Å². The van der Waals surface area contributed by atoms with E-state index in [2.05, 4.69) is 0 Å². The zero-order valence-electron chi connectivity index (χ0n) is 10.8. The molecule has 1 aromatic carbocycles. The van der Waals surface area contributed by atoms with Crippen LogP contribution in [0.5, 0.6) is 5.75 Å². The third kappa shape index (κ3) is 4.14. The number of hydrogen-bond donors (Lipinski definition) is 1. The molecule has 0 radical (unpaired) electrons. The largest absolute Gasteiger partial charge is 0.492 e. The Kier molecular flexibility index (Phi) is 4.86. The molecule has 0 heterocycles. The van der Waals surface area contributed by atoms with E-state index in [-0.39, 0.29) is 6.61 Å². The Morgan fingerprint density at radius 3 is 2.26 bits per heavy atom. The number of rotatable bonds is 6. The summed E-state index contributed by atoms with van der Waals surface area (Å²) in [5, 5.41) is 0. The second-order valence-electron chi connectivity index (χ2n) is 4.57. The smallest absolute Gasteiger partial charge is 0.341 e. The summed E-state index contributed by atoms with van der Waals surface area (Å²) in [6.45, 7) is 3.99. The van der Waals surface area contributed by atoms with E-state index >= 15 is 0 Å². The lowest BCUT2D eigenvalue weighted by Gasteiger charge is -2.22. The van der Waals surface area contributed by atoms with Gasteiger partial charge in [-0.1, -0.05) is 6.92 Å². The van der Waals surface area contributed by atoms with Crippen LogP contribution in [-0.4, -0.2) is 26.3 Å². The molecular weight excluding hydrogens is 276 g/mol. The molecule has 19 heavy (non-hydrogen) atoms. The molecule has 0 fully saturated rings. The van der Waals surface area contributed by atoms with E-state index in [4.69, 9.17) is 10.5 Å². The van der Waals surface area contributed by atoms with Crippen molar-refractivity contribution in [2.24, 2.45) is 5.73 Å². The molecule has 1 unspecified atom stereocenters. The number of halogens is 2. The number of alkyl halides is 2. The Bertz CT molecular complexity index is 512. The molecule has 0 aliphatic rings. The Balaban J connectivity index is 2.78. The van der Waals surface area contributed by atoms with E-state index in [0.717, 1.165) is 12.1 Å². The van der Waals surface area contributed by atoms with Crippen molar-refractivity contribution >= 4 is 9.84 Å². The maximum atomic E-state index is 12.3. The molecule has 1 rings (SSSR count). The molecule has 108 valence electrons. The lowest BCUT2D eigenvalue weighted by atomic mass is 10.0. The number of benzene rings is 1. The quantitative estimate of drug-likeness (QED) is 0.873. The van der Waals surface area contributed by atoms with Crippen molar-refractivity contribution in [3.05, 3.63) is 24.3 Å². The van der Waals surface area contributed by atoms with Crippen LogP contribution in [0.2, 0.25) is 0 Å². The summed E-state index contributed by atoms with van der Waals surface area (Å²) in [5.74, 6) is -3.04. The topological polar surface area (TPSA) is 69.4 Å². The highest BCUT2D eigenvalue weighted by Gasteiger charge is 2.26. The number of sulfone groups is 1. The summed E-state index contributed by atoms with van der Waals surface area (Å²) in [6.07, 6.45) is 0.713. The Labute approximate surface area is 111 Å². The molecule has 1 atom stereocenters. The lowest BCUT2D eigenvalue weighted by Crippen LogP contribution is -2.41. The van der Waals surface area contributed by atoms with E-state index in [0.29, 0.717) is 12.2 Å². The van der Waals surface area contributed by atoms with Crippen LogP contribution in [0.15, 0.2) is 29.2 Å². The Hall–Kier alpha value is -1.21. The van der Waals surface area contributed by atoms with Gasteiger partial charge in [0.25, 0.3) is 0 Å². The van der Waals surface area contributed by atoms with E-state index in [1.54, 1.807) is 0 Å². The predicted molar refractivity (Wildman–Crippen MR) is 68.0 cm³/mol. The van der Waals surface area contributed by atoms with E-state index < -0.39 is 26.0 Å². The molecule has 0 spiro atoms. The van der Waals surface area contributed by atoms with Crippen LogP contribution in [0.1, 0.15) is 20.3 Å². The predicted octanol–water partition coefficient (Wildman–Crippen LogP) is 2.19. The summed E-state index contributed by atoms with van der Waals surface area (Å²) < 4.78 is 52.4. The molecule has 7 heteroatoms. The highest BCUT2D eigenvalue weighted by atomic mass is 32.2. The molecule has 2 N–H and O–H groups in total. The van der Waals surface area contributed by atoms with E-state index in [1.165, 1.54) is 12.1 Å². The molecule has 1 aromatic rings. The van der Waals surface area contributed by atoms with E-state index in [9.17, 15) is 17.2 Å². The van der Waals surface area contributed by atoms with Gasteiger partial charge in [0, 0.05) is 5.54 Å². The first kappa shape index (κ1) is 15.8. The van der Waals surface area contributed by atoms with Gasteiger partial charge in [0.15, 0.2) is 0 Å². The molecule has 0 bridgehead atoms. The van der Waals surface area contributed by atoms with Gasteiger partial charge < -0.3 is 10.5 Å². The summed E-state index contributed by atoms with van der Waals surface area (Å²) in [5.41, 5.74) is 5.39. The van der Waals surface area contributed by atoms with Gasteiger partial charge in [-0.15, -0.1) is 0 Å². The average Bonchev–Trinajstić information content (AvgIpc) is 2.37. The fraction of sp³-hybridized carbons (Fsp3) is 0.500. The van der Waals surface area contributed by atoms with Crippen molar-refractivity contribution in [2.45, 2.75) is 36.5 Å². The molecule has 0 saturated carbocycles. The third-order valence-electron chi connectivity index (χ3n) is 2.76. The van der Waals surface area contributed by atoms with Gasteiger partial charge in [-0.25, -0.2) is 8.42 Å². The number of ether oxygens (including phenoxy) is 1. The van der Waals surface area contributed by atoms with Gasteiger partial charge in [0.05, 0.1) is 4.90 Å². The zero-order valence-corrected chi connectivity index (χ0v) is 11.6. The van der Waals surface area contributed by atoms with Crippen molar-refractivity contribution in [3.8, 4) is 5.75 Å². The maximum absolute atomic E-state index is 12.3. The molecule has 0 amide bonds. The highest BCUT2D eigenvalue weighted by Crippen LogP contribution is 2.21. The minimum atomic E-state index is -4.56. The second kappa shape index (κ2) is 5.83. The SMILES string of the molecule is CCC(C)(N)COc1ccc(S(=O)(=O)C(F)F)cc1. The summed E-state index contributed by atoms with van der Waals surface area (Å²) in [4.78, 5) is -0.430. The van der Waals surface area contributed by atoms with E-state index in [1.807, 2.05) is 13.8 Å². The first-order valence-electron chi connectivity index (χ1n) is 5.73. The Morgan fingerprint density at radius 2 is 1.84 bits per heavy atom. The van der Waals surface area contributed by atoms with Gasteiger partial charge in [-0.05, 0) is 37.6 Å². The van der Waals surface area contributed by atoms with Gasteiger partial charge in [-0.2, -0.15) is 8.78 Å². The fourth-order valence-corrected chi connectivity index (χ4v) is 1.90. The van der Waals surface area contributed by atoms with Gasteiger partial charge in [0.2, 0.25) is 9.84 Å². The highest BCUT2D eigenvalue weighted by molar-refractivity contribution is 7.91. The number of hydrogen-bond acceptors (Lipinski definition) is 4. The summed E-state index contributed by atoms with van der Waals surface area (Å²) in [7, 11) is -4.56. The summed E-state index contributed by atoms with van der Waals surface area (Å²) in [6, 6.07) is 4.86. The second-order valence-corrected chi connectivity index (χ2v) is 6.49. The monoisotopic (exact) mass is 293 g/mol. The Morgan fingerprint density at radius 1 is 1.32 bits per heavy atom. The summed E-state index contributed by atoms with van der Waals surface area (Å²) >= 11 is 0. The molecule has 0 aromatic heterocycles. The standard InChI is InChI=1S/C12H17F2NO3S/c1-3-12(2,15)8-18-9-4-6-10(7-5-9)19(16,17)11(13)14/h4-7,11H,3,8,15H2,1-2H3. The third-order valence-corrected chi connectivity index (χ3v) is 4.16. The van der Waals surface area contributed by atoms with Gasteiger partial charge in [-0.3, -0.25) is 0 Å². The number of nitrogens with two attached hydrogens (primary N) is 1. The first-order chi connectivity index (χ1) is 8.69. The fourth-order valence-electron chi connectivity index (χ4n) is 1.18. The molecule has 0 aliphatic heterocycles.